The normalized spacial score (nSPS) is 10.4. The molecule has 0 radical (unpaired) electrons. The average molecular weight is 430 g/mol. The number of carbonyl (C=O) groups excluding carboxylic acids is 2. The molecule has 3 rings (SSSR count). The fraction of sp³-hybridized carbons (Fsp3) is 0. The summed E-state index contributed by atoms with van der Waals surface area (Å²) in [6.07, 6.45) is 4.46. The van der Waals surface area contributed by atoms with Crippen LogP contribution in [0, 0.1) is 5.82 Å². The van der Waals surface area contributed by atoms with Crippen LogP contribution in [0.5, 0.6) is 11.5 Å². The van der Waals surface area contributed by atoms with Gasteiger partial charge in [-0.2, -0.15) is 0 Å². The van der Waals surface area contributed by atoms with Gasteiger partial charge in [-0.1, -0.05) is 49.6 Å². The second-order valence-electron chi connectivity index (χ2n) is 6.40. The van der Waals surface area contributed by atoms with Crippen molar-refractivity contribution < 1.29 is 28.2 Å². The molecule has 0 aliphatic carbocycles. The Kier molecular flexibility index (Phi) is 7.33. The first-order valence-electron chi connectivity index (χ1n) is 9.49. The predicted octanol–water partition coefficient (Wildman–Crippen LogP) is 5.83. The molecule has 32 heavy (non-hydrogen) atoms. The van der Waals surface area contributed by atoms with Crippen molar-refractivity contribution in [2.75, 3.05) is 0 Å². The second kappa shape index (κ2) is 10.5. The summed E-state index contributed by atoms with van der Waals surface area (Å²) in [5.41, 5.74) is 2.58. The molecule has 0 aliphatic rings. The van der Waals surface area contributed by atoms with Crippen LogP contribution in [0.1, 0.15) is 0 Å². The smallest absolute Gasteiger partial charge is 0.335 e. The van der Waals surface area contributed by atoms with Gasteiger partial charge >= 0.3 is 11.9 Å². The molecule has 0 fully saturated rings. The highest BCUT2D eigenvalue weighted by atomic mass is 19.1. The molecule has 0 bridgehead atoms. The van der Waals surface area contributed by atoms with Gasteiger partial charge in [-0.3, -0.25) is 0 Å². The Labute approximate surface area is 184 Å². The van der Waals surface area contributed by atoms with Gasteiger partial charge in [-0.15, -0.1) is 0 Å². The minimum absolute atomic E-state index is 0.353. The third kappa shape index (κ3) is 5.79. The SMILES string of the molecule is C=CC(=O)OC=COc1ccc(-c2ccc(-c3ccc(OC(=O)C=C)cc3)c(F)c2)cc1. The molecule has 0 N–H and O–H groups in total. The number of halogens is 1. The van der Waals surface area contributed by atoms with Crippen LogP contribution in [0.4, 0.5) is 4.39 Å². The lowest BCUT2D eigenvalue weighted by Crippen LogP contribution is -2.02. The lowest BCUT2D eigenvalue weighted by Gasteiger charge is -2.09. The van der Waals surface area contributed by atoms with Crippen LogP contribution in [-0.2, 0) is 14.3 Å². The van der Waals surface area contributed by atoms with Crippen LogP contribution in [0.2, 0.25) is 0 Å². The summed E-state index contributed by atoms with van der Waals surface area (Å²) in [6, 6.07) is 18.5. The topological polar surface area (TPSA) is 61.8 Å². The van der Waals surface area contributed by atoms with E-state index in [-0.39, 0.29) is 5.82 Å². The molecule has 0 saturated carbocycles. The number of hydrogen-bond donors (Lipinski definition) is 0. The molecular weight excluding hydrogens is 411 g/mol. The third-order valence-corrected chi connectivity index (χ3v) is 4.32. The highest BCUT2D eigenvalue weighted by Gasteiger charge is 2.09. The molecule has 0 aromatic heterocycles. The van der Waals surface area contributed by atoms with Crippen molar-refractivity contribution in [1.29, 1.82) is 0 Å². The van der Waals surface area contributed by atoms with Crippen LogP contribution < -0.4 is 9.47 Å². The number of hydrogen-bond acceptors (Lipinski definition) is 5. The van der Waals surface area contributed by atoms with E-state index in [1.54, 1.807) is 54.6 Å². The largest absolute Gasteiger partial charge is 0.462 e. The van der Waals surface area contributed by atoms with Crippen molar-refractivity contribution >= 4 is 11.9 Å². The Hall–Kier alpha value is -4.45. The minimum atomic E-state index is -0.585. The van der Waals surface area contributed by atoms with E-state index < -0.39 is 11.9 Å². The fourth-order valence-corrected chi connectivity index (χ4v) is 2.76. The van der Waals surface area contributed by atoms with E-state index in [0.717, 1.165) is 24.0 Å². The van der Waals surface area contributed by atoms with Crippen molar-refractivity contribution in [2.45, 2.75) is 0 Å². The molecule has 0 heterocycles. The maximum Gasteiger partial charge on any atom is 0.335 e. The molecule has 0 saturated heterocycles. The van der Waals surface area contributed by atoms with Gasteiger partial charge in [-0.25, -0.2) is 14.0 Å². The van der Waals surface area contributed by atoms with Gasteiger partial charge in [-0.05, 0) is 47.0 Å². The molecule has 0 atom stereocenters. The minimum Gasteiger partial charge on any atom is -0.462 e. The zero-order valence-corrected chi connectivity index (χ0v) is 17.0. The van der Waals surface area contributed by atoms with E-state index in [0.29, 0.717) is 28.2 Å². The van der Waals surface area contributed by atoms with Crippen molar-refractivity contribution in [2.24, 2.45) is 0 Å². The molecule has 160 valence electrons. The Balaban J connectivity index is 1.69. The highest BCUT2D eigenvalue weighted by molar-refractivity contribution is 5.83. The quantitative estimate of drug-likeness (QED) is 0.195. The number of ether oxygens (including phenoxy) is 3. The first-order valence-corrected chi connectivity index (χ1v) is 9.49. The fourth-order valence-electron chi connectivity index (χ4n) is 2.76. The molecule has 6 heteroatoms. The van der Waals surface area contributed by atoms with Gasteiger partial charge in [0.1, 0.15) is 29.8 Å². The zero-order valence-electron chi connectivity index (χ0n) is 17.0. The Morgan fingerprint density at radius 2 is 1.31 bits per heavy atom. The summed E-state index contributed by atoms with van der Waals surface area (Å²) < 4.78 is 29.8. The standard InChI is InChI=1S/C26H19FO5/c1-3-25(28)31-16-15-30-21-10-5-18(6-11-21)20-9-14-23(24(27)17-20)19-7-12-22(13-8-19)32-26(29)4-2/h3-17H,1-2H2. The molecule has 5 nitrogen and oxygen atoms in total. The van der Waals surface area contributed by atoms with Crippen LogP contribution >= 0.6 is 0 Å². The Morgan fingerprint density at radius 3 is 1.94 bits per heavy atom. The zero-order chi connectivity index (χ0) is 22.9. The summed E-state index contributed by atoms with van der Waals surface area (Å²) in [5.74, 6) is -0.652. The van der Waals surface area contributed by atoms with Crippen LogP contribution in [-0.4, -0.2) is 11.9 Å². The van der Waals surface area contributed by atoms with E-state index in [4.69, 9.17) is 9.47 Å². The molecular formula is C26H19FO5. The van der Waals surface area contributed by atoms with E-state index >= 15 is 0 Å². The average Bonchev–Trinajstić information content (AvgIpc) is 2.82. The molecule has 3 aromatic rings. The lowest BCUT2D eigenvalue weighted by molar-refractivity contribution is -0.132. The van der Waals surface area contributed by atoms with Gasteiger partial charge < -0.3 is 14.2 Å². The third-order valence-electron chi connectivity index (χ3n) is 4.32. The molecule has 0 aliphatic heterocycles. The summed E-state index contributed by atoms with van der Waals surface area (Å²) in [7, 11) is 0. The van der Waals surface area contributed by atoms with Crippen molar-refractivity contribution in [1.82, 2.24) is 0 Å². The van der Waals surface area contributed by atoms with E-state index in [1.807, 2.05) is 6.07 Å². The predicted molar refractivity (Wildman–Crippen MR) is 119 cm³/mol. The van der Waals surface area contributed by atoms with E-state index in [9.17, 15) is 14.0 Å². The van der Waals surface area contributed by atoms with Gasteiger partial charge in [0, 0.05) is 17.7 Å². The summed E-state index contributed by atoms with van der Waals surface area (Å²) >= 11 is 0. The second-order valence-corrected chi connectivity index (χ2v) is 6.40. The van der Waals surface area contributed by atoms with Gasteiger partial charge in [0.05, 0.1) is 0 Å². The maximum atomic E-state index is 14.8. The van der Waals surface area contributed by atoms with Gasteiger partial charge in [0.2, 0.25) is 0 Å². The maximum absolute atomic E-state index is 14.8. The van der Waals surface area contributed by atoms with Gasteiger partial charge in [0.25, 0.3) is 0 Å². The molecule has 0 unspecified atom stereocenters. The van der Waals surface area contributed by atoms with Crippen LogP contribution in [0.15, 0.2) is 105 Å². The van der Waals surface area contributed by atoms with E-state index in [2.05, 4.69) is 17.9 Å². The van der Waals surface area contributed by atoms with Crippen molar-refractivity contribution in [3.8, 4) is 33.8 Å². The van der Waals surface area contributed by atoms with Crippen molar-refractivity contribution in [3.63, 3.8) is 0 Å². The number of rotatable bonds is 8. The van der Waals surface area contributed by atoms with Crippen LogP contribution in [0.25, 0.3) is 22.3 Å². The van der Waals surface area contributed by atoms with E-state index in [1.165, 1.54) is 12.3 Å². The Morgan fingerprint density at radius 1 is 0.719 bits per heavy atom. The van der Waals surface area contributed by atoms with Crippen molar-refractivity contribution in [3.05, 3.63) is 110 Å². The molecule has 3 aromatic carbocycles. The van der Waals surface area contributed by atoms with Gasteiger partial charge in [0.15, 0.2) is 0 Å². The highest BCUT2D eigenvalue weighted by Crippen LogP contribution is 2.30. The molecule has 0 spiro atoms. The Bertz CT molecular complexity index is 1160. The first kappa shape index (κ1) is 22.2. The number of carbonyl (C=O) groups is 2. The summed E-state index contributed by atoms with van der Waals surface area (Å²) in [6.45, 7) is 6.63. The lowest BCUT2D eigenvalue weighted by atomic mass is 9.99. The summed E-state index contributed by atoms with van der Waals surface area (Å²) in [4.78, 5) is 22.2. The van der Waals surface area contributed by atoms with Crippen LogP contribution in [0.3, 0.4) is 0 Å². The number of benzene rings is 3. The summed E-state index contributed by atoms with van der Waals surface area (Å²) in [5, 5.41) is 0. The molecule has 0 amide bonds. The monoisotopic (exact) mass is 430 g/mol. The first-order chi connectivity index (χ1) is 15.5. The number of esters is 2.